The van der Waals surface area contributed by atoms with E-state index >= 15 is 0 Å². The number of carbonyl (C=O) groups excluding carboxylic acids is 2. The van der Waals surface area contributed by atoms with Crippen molar-refractivity contribution in [3.05, 3.63) is 29.8 Å². The molecule has 2 aliphatic rings. The highest BCUT2D eigenvalue weighted by Crippen LogP contribution is 2.41. The molecule has 1 fully saturated rings. The quantitative estimate of drug-likeness (QED) is 0.928. The van der Waals surface area contributed by atoms with Gasteiger partial charge in [0.15, 0.2) is 0 Å². The minimum Gasteiger partial charge on any atom is -0.343 e. The average molecular weight is 300 g/mol. The van der Waals surface area contributed by atoms with Crippen LogP contribution in [0.2, 0.25) is 0 Å². The molecule has 22 heavy (non-hydrogen) atoms. The van der Waals surface area contributed by atoms with E-state index in [1.807, 2.05) is 23.1 Å². The number of fused-ring (bicyclic) bond motifs is 1. The Kier molecular flexibility index (Phi) is 4.46. The zero-order chi connectivity index (χ0) is 15.5. The Morgan fingerprint density at radius 3 is 2.73 bits per heavy atom. The van der Waals surface area contributed by atoms with E-state index in [0.29, 0.717) is 12.3 Å². The number of rotatable bonds is 4. The third-order valence-electron chi connectivity index (χ3n) is 4.94. The van der Waals surface area contributed by atoms with Crippen molar-refractivity contribution in [2.45, 2.75) is 44.9 Å². The first-order chi connectivity index (χ1) is 10.7. The lowest BCUT2D eigenvalue weighted by molar-refractivity contribution is -0.132. The van der Waals surface area contributed by atoms with Crippen molar-refractivity contribution in [2.75, 3.05) is 18.4 Å². The Balaban J connectivity index is 1.62. The van der Waals surface area contributed by atoms with Crippen LogP contribution in [-0.4, -0.2) is 29.8 Å². The Hall–Kier alpha value is -1.84. The van der Waals surface area contributed by atoms with Crippen molar-refractivity contribution in [1.29, 1.82) is 0 Å². The lowest BCUT2D eigenvalue weighted by Gasteiger charge is -2.34. The SMILES string of the molecule is CCCCC(=O)N1CCC(C2C(=O)Nc3ccccc32)CC1. The maximum Gasteiger partial charge on any atom is 0.232 e. The van der Waals surface area contributed by atoms with Crippen LogP contribution in [-0.2, 0) is 9.59 Å². The van der Waals surface area contributed by atoms with Crippen molar-refractivity contribution < 1.29 is 9.59 Å². The molecule has 0 aliphatic carbocycles. The van der Waals surface area contributed by atoms with Crippen molar-refractivity contribution in [1.82, 2.24) is 4.90 Å². The Morgan fingerprint density at radius 1 is 1.27 bits per heavy atom. The van der Waals surface area contributed by atoms with E-state index in [1.54, 1.807) is 0 Å². The Bertz CT molecular complexity index is 562. The number of piperidine rings is 1. The molecule has 0 bridgehead atoms. The molecule has 4 nitrogen and oxygen atoms in total. The number of nitrogens with zero attached hydrogens (tertiary/aromatic N) is 1. The predicted molar refractivity (Wildman–Crippen MR) is 86.6 cm³/mol. The highest BCUT2D eigenvalue weighted by Gasteiger charge is 2.38. The van der Waals surface area contributed by atoms with E-state index in [0.717, 1.165) is 50.0 Å². The first kappa shape index (κ1) is 15.1. The van der Waals surface area contributed by atoms with Crippen LogP contribution in [0, 0.1) is 5.92 Å². The largest absolute Gasteiger partial charge is 0.343 e. The van der Waals surface area contributed by atoms with E-state index in [1.165, 1.54) is 0 Å². The molecule has 2 aliphatic heterocycles. The molecule has 0 aromatic heterocycles. The van der Waals surface area contributed by atoms with E-state index in [9.17, 15) is 9.59 Å². The molecule has 1 N–H and O–H groups in total. The highest BCUT2D eigenvalue weighted by atomic mass is 16.2. The molecule has 118 valence electrons. The normalized spacial score (nSPS) is 21.6. The highest BCUT2D eigenvalue weighted by molar-refractivity contribution is 6.03. The van der Waals surface area contributed by atoms with Crippen LogP contribution >= 0.6 is 0 Å². The van der Waals surface area contributed by atoms with Crippen LogP contribution in [0.25, 0.3) is 0 Å². The molecule has 4 heteroatoms. The minimum atomic E-state index is -0.0379. The number of anilines is 1. The molecule has 0 saturated carbocycles. The number of amides is 2. The van der Waals surface area contributed by atoms with E-state index in [-0.39, 0.29) is 17.7 Å². The van der Waals surface area contributed by atoms with Gasteiger partial charge in [-0.2, -0.15) is 0 Å². The van der Waals surface area contributed by atoms with Crippen LogP contribution in [0.3, 0.4) is 0 Å². The Morgan fingerprint density at radius 2 is 2.00 bits per heavy atom. The van der Waals surface area contributed by atoms with Crippen LogP contribution in [0.1, 0.15) is 50.5 Å². The van der Waals surface area contributed by atoms with Gasteiger partial charge in [-0.3, -0.25) is 9.59 Å². The van der Waals surface area contributed by atoms with Crippen LogP contribution < -0.4 is 5.32 Å². The number of para-hydroxylation sites is 1. The van der Waals surface area contributed by atoms with Crippen LogP contribution in [0.15, 0.2) is 24.3 Å². The fraction of sp³-hybridized carbons (Fsp3) is 0.556. The molecular formula is C18H24N2O2. The predicted octanol–water partition coefficient (Wildman–Crippen LogP) is 3.15. The summed E-state index contributed by atoms with van der Waals surface area (Å²) in [7, 11) is 0. The molecule has 1 aromatic carbocycles. The second-order valence-electron chi connectivity index (χ2n) is 6.38. The van der Waals surface area contributed by atoms with E-state index in [4.69, 9.17) is 0 Å². The van der Waals surface area contributed by atoms with Crippen LogP contribution in [0.5, 0.6) is 0 Å². The van der Waals surface area contributed by atoms with Crippen molar-refractivity contribution in [3.63, 3.8) is 0 Å². The number of hydrogen-bond donors (Lipinski definition) is 1. The van der Waals surface area contributed by atoms with E-state index in [2.05, 4.69) is 18.3 Å². The topological polar surface area (TPSA) is 49.4 Å². The van der Waals surface area contributed by atoms with Crippen molar-refractivity contribution in [2.24, 2.45) is 5.92 Å². The molecule has 1 saturated heterocycles. The summed E-state index contributed by atoms with van der Waals surface area (Å²) in [6.45, 7) is 3.69. The maximum absolute atomic E-state index is 12.3. The lowest BCUT2D eigenvalue weighted by atomic mass is 9.80. The molecule has 1 atom stereocenters. The summed E-state index contributed by atoms with van der Waals surface area (Å²) in [5.74, 6) is 0.705. The van der Waals surface area contributed by atoms with Crippen molar-refractivity contribution in [3.8, 4) is 0 Å². The Labute approximate surface area is 131 Å². The van der Waals surface area contributed by atoms with E-state index < -0.39 is 0 Å². The lowest BCUT2D eigenvalue weighted by Crippen LogP contribution is -2.40. The number of benzene rings is 1. The van der Waals surface area contributed by atoms with Gasteiger partial charge in [0, 0.05) is 25.2 Å². The number of unbranched alkanes of at least 4 members (excludes halogenated alkanes) is 1. The third-order valence-corrected chi connectivity index (χ3v) is 4.94. The number of carbonyl (C=O) groups is 2. The van der Waals surface area contributed by atoms with Gasteiger partial charge >= 0.3 is 0 Å². The number of hydrogen-bond acceptors (Lipinski definition) is 2. The van der Waals surface area contributed by atoms with Gasteiger partial charge < -0.3 is 10.2 Å². The summed E-state index contributed by atoms with van der Waals surface area (Å²) in [6.07, 6.45) is 4.53. The molecule has 1 aromatic rings. The monoisotopic (exact) mass is 300 g/mol. The van der Waals surface area contributed by atoms with Gasteiger partial charge in [0.05, 0.1) is 5.92 Å². The zero-order valence-corrected chi connectivity index (χ0v) is 13.2. The fourth-order valence-corrected chi connectivity index (χ4v) is 3.67. The average Bonchev–Trinajstić information content (AvgIpc) is 2.88. The smallest absolute Gasteiger partial charge is 0.232 e. The van der Waals surface area contributed by atoms with Crippen LogP contribution in [0.4, 0.5) is 5.69 Å². The summed E-state index contributed by atoms with van der Waals surface area (Å²) >= 11 is 0. The van der Waals surface area contributed by atoms with Gasteiger partial charge in [0.25, 0.3) is 0 Å². The molecule has 0 spiro atoms. The first-order valence-corrected chi connectivity index (χ1v) is 8.38. The molecular weight excluding hydrogens is 276 g/mol. The second-order valence-corrected chi connectivity index (χ2v) is 6.38. The van der Waals surface area contributed by atoms with Gasteiger partial charge in [0.1, 0.15) is 0 Å². The van der Waals surface area contributed by atoms with Gasteiger partial charge in [0.2, 0.25) is 11.8 Å². The molecule has 2 heterocycles. The van der Waals surface area contributed by atoms with Crippen molar-refractivity contribution >= 4 is 17.5 Å². The zero-order valence-electron chi connectivity index (χ0n) is 13.2. The van der Waals surface area contributed by atoms with Gasteiger partial charge in [-0.25, -0.2) is 0 Å². The number of likely N-dealkylation sites (tertiary alicyclic amines) is 1. The summed E-state index contributed by atoms with van der Waals surface area (Å²) < 4.78 is 0. The number of nitrogens with one attached hydrogen (secondary N) is 1. The minimum absolute atomic E-state index is 0.0379. The summed E-state index contributed by atoms with van der Waals surface area (Å²) in [6, 6.07) is 7.97. The third kappa shape index (κ3) is 2.87. The van der Waals surface area contributed by atoms with Gasteiger partial charge in [-0.1, -0.05) is 31.5 Å². The maximum atomic E-state index is 12.3. The first-order valence-electron chi connectivity index (χ1n) is 8.38. The molecule has 1 unspecified atom stereocenters. The van der Waals surface area contributed by atoms with Gasteiger partial charge in [-0.05, 0) is 36.8 Å². The molecule has 2 amide bonds. The molecule has 3 rings (SSSR count). The second kappa shape index (κ2) is 6.51. The fourth-order valence-electron chi connectivity index (χ4n) is 3.67. The summed E-state index contributed by atoms with van der Waals surface area (Å²) in [5.41, 5.74) is 2.09. The molecule has 0 radical (unpaired) electrons. The van der Waals surface area contributed by atoms with Gasteiger partial charge in [-0.15, -0.1) is 0 Å². The standard InChI is InChI=1S/C18H24N2O2/c1-2-3-8-16(21)20-11-9-13(10-12-20)17-14-6-4-5-7-15(14)19-18(17)22/h4-7,13,17H,2-3,8-12H2,1H3,(H,19,22). The summed E-state index contributed by atoms with van der Waals surface area (Å²) in [5, 5.41) is 2.99. The summed E-state index contributed by atoms with van der Waals surface area (Å²) in [4.78, 5) is 26.4.